The zero-order valence-corrected chi connectivity index (χ0v) is 46.0. The van der Waals surface area contributed by atoms with Crippen LogP contribution in [0, 0.1) is 0 Å². The van der Waals surface area contributed by atoms with Crippen LogP contribution in [0.15, 0.2) is 36.5 Å². The molecule has 1 amide bonds. The molecule has 0 aliphatic carbocycles. The van der Waals surface area contributed by atoms with Crippen molar-refractivity contribution in [2.45, 2.75) is 353 Å². The molecule has 0 aliphatic rings. The van der Waals surface area contributed by atoms with E-state index in [-0.39, 0.29) is 12.5 Å². The number of allylic oxidation sites excluding steroid dienone is 6. The Kier molecular flexibility index (Phi) is 56.9. The second-order valence-electron chi connectivity index (χ2n) is 21.2. The van der Waals surface area contributed by atoms with Gasteiger partial charge in [0.1, 0.15) is 6.10 Å². The number of carbonyl (C=O) groups is 1. The van der Waals surface area contributed by atoms with Gasteiger partial charge in [-0.25, -0.2) is 0 Å². The van der Waals surface area contributed by atoms with Crippen LogP contribution in [0.25, 0.3) is 0 Å². The molecule has 0 aromatic rings. The van der Waals surface area contributed by atoms with E-state index in [1.54, 1.807) is 0 Å². The minimum absolute atomic E-state index is 0.154. The third-order valence-electron chi connectivity index (χ3n) is 14.4. The number of nitrogens with one attached hydrogen (secondary N) is 1. The number of unbranched alkanes of at least 4 members (excludes halogenated alkanes) is 43. The summed E-state index contributed by atoms with van der Waals surface area (Å²) < 4.78 is 0. The minimum Gasteiger partial charge on any atom is -0.394 e. The Morgan fingerprint density at radius 3 is 0.897 bits per heavy atom. The molecule has 3 atom stereocenters. The lowest BCUT2D eigenvalue weighted by Crippen LogP contribution is -2.50. The molecule has 0 fully saturated rings. The summed E-state index contributed by atoms with van der Waals surface area (Å²) in [5.41, 5.74) is 0. The highest BCUT2D eigenvalue weighted by molar-refractivity contribution is 5.76. The number of amides is 1. The highest BCUT2D eigenvalue weighted by atomic mass is 16.3. The number of aliphatic hydroxyl groups is 3. The normalized spacial score (nSPS) is 13.4. The van der Waals surface area contributed by atoms with Crippen LogP contribution in [0.4, 0.5) is 0 Å². The summed E-state index contributed by atoms with van der Waals surface area (Å²) >= 11 is 0. The van der Waals surface area contributed by atoms with Crippen LogP contribution in [0.3, 0.4) is 0 Å². The Balaban J connectivity index is 3.45. The molecule has 5 nitrogen and oxygen atoms in total. The minimum atomic E-state index is -1.17. The molecule has 68 heavy (non-hydrogen) atoms. The van der Waals surface area contributed by atoms with E-state index in [2.05, 4.69) is 55.6 Å². The van der Waals surface area contributed by atoms with Crippen molar-refractivity contribution >= 4 is 5.91 Å². The molecule has 402 valence electrons. The highest BCUT2D eigenvalue weighted by Crippen LogP contribution is 2.18. The van der Waals surface area contributed by atoms with E-state index in [0.717, 1.165) is 44.9 Å². The van der Waals surface area contributed by atoms with Gasteiger partial charge < -0.3 is 20.6 Å². The van der Waals surface area contributed by atoms with Gasteiger partial charge in [0, 0.05) is 6.42 Å². The third-order valence-corrected chi connectivity index (χ3v) is 14.4. The predicted molar refractivity (Wildman–Crippen MR) is 301 cm³/mol. The van der Waals surface area contributed by atoms with Crippen molar-refractivity contribution in [3.8, 4) is 0 Å². The van der Waals surface area contributed by atoms with Crippen LogP contribution >= 0.6 is 0 Å². The van der Waals surface area contributed by atoms with E-state index >= 15 is 0 Å². The van der Waals surface area contributed by atoms with E-state index in [1.165, 1.54) is 263 Å². The average molecular weight is 957 g/mol. The highest BCUT2D eigenvalue weighted by Gasteiger charge is 2.26. The largest absolute Gasteiger partial charge is 0.394 e. The van der Waals surface area contributed by atoms with Crippen LogP contribution in [-0.2, 0) is 4.79 Å². The molecule has 3 unspecified atom stereocenters. The van der Waals surface area contributed by atoms with Crippen molar-refractivity contribution < 1.29 is 20.1 Å². The standard InChI is InChI=1S/C63H121NO4/c1-3-5-7-9-11-13-15-17-19-20-21-22-23-24-25-26-27-28-29-30-31-32-33-34-35-36-37-38-39-40-41-42-44-46-48-50-52-54-56-58-62(67)64-60(59-65)63(68)61(66)57-55-53-51-49-47-45-43-18-16-14-12-10-8-6-4-2/h18,30-31,43,49,51,60-61,63,65-66,68H,3-17,19-29,32-42,44-48,50,52-59H2,1-2H3,(H,64,67)/b31-30-,43-18+,51-49+. The Labute approximate surface area is 425 Å². The quantitative estimate of drug-likeness (QED) is 0.0361. The van der Waals surface area contributed by atoms with E-state index in [1.807, 2.05) is 0 Å². The summed E-state index contributed by atoms with van der Waals surface area (Å²) in [6, 6.07) is -0.832. The van der Waals surface area contributed by atoms with E-state index in [0.29, 0.717) is 12.8 Å². The molecular weight excluding hydrogens is 835 g/mol. The number of hydrogen-bond acceptors (Lipinski definition) is 4. The van der Waals surface area contributed by atoms with Crippen LogP contribution in [0.5, 0.6) is 0 Å². The summed E-state index contributed by atoms with van der Waals surface area (Å²) in [4.78, 5) is 12.5. The molecule has 0 radical (unpaired) electrons. The van der Waals surface area contributed by atoms with E-state index in [9.17, 15) is 20.1 Å². The zero-order valence-electron chi connectivity index (χ0n) is 46.0. The molecule has 0 bridgehead atoms. The van der Waals surface area contributed by atoms with Crippen LogP contribution in [0.2, 0.25) is 0 Å². The Morgan fingerprint density at radius 1 is 0.353 bits per heavy atom. The maximum Gasteiger partial charge on any atom is 0.220 e. The number of hydrogen-bond donors (Lipinski definition) is 4. The van der Waals surface area contributed by atoms with E-state index in [4.69, 9.17) is 0 Å². The molecule has 0 spiro atoms. The molecule has 4 N–H and O–H groups in total. The lowest BCUT2D eigenvalue weighted by atomic mass is 10.0. The smallest absolute Gasteiger partial charge is 0.220 e. The molecule has 0 aliphatic heterocycles. The fraction of sp³-hybridized carbons (Fsp3) is 0.889. The van der Waals surface area contributed by atoms with Gasteiger partial charge in [-0.3, -0.25) is 4.79 Å². The second-order valence-corrected chi connectivity index (χ2v) is 21.2. The number of carbonyl (C=O) groups excluding carboxylic acids is 1. The van der Waals surface area contributed by atoms with Crippen LogP contribution < -0.4 is 5.32 Å². The lowest BCUT2D eigenvalue weighted by molar-refractivity contribution is -0.124. The summed E-state index contributed by atoms with van der Waals surface area (Å²) in [6.45, 7) is 4.18. The first-order chi connectivity index (χ1) is 33.6. The number of aliphatic hydroxyl groups excluding tert-OH is 3. The Bertz CT molecular complexity index is 1060. The van der Waals surface area contributed by atoms with Gasteiger partial charge in [-0.05, 0) is 77.0 Å². The molecule has 0 rings (SSSR count). The van der Waals surface area contributed by atoms with Crippen molar-refractivity contribution in [1.29, 1.82) is 0 Å². The van der Waals surface area contributed by atoms with Gasteiger partial charge in [-0.15, -0.1) is 0 Å². The number of rotatable bonds is 57. The van der Waals surface area contributed by atoms with Gasteiger partial charge in [0.15, 0.2) is 0 Å². The molecule has 0 saturated carbocycles. The van der Waals surface area contributed by atoms with Crippen molar-refractivity contribution in [1.82, 2.24) is 5.32 Å². The monoisotopic (exact) mass is 956 g/mol. The third kappa shape index (κ3) is 52.4. The van der Waals surface area contributed by atoms with Gasteiger partial charge >= 0.3 is 0 Å². The fourth-order valence-electron chi connectivity index (χ4n) is 9.71. The maximum absolute atomic E-state index is 12.5. The SMILES string of the molecule is CCCCCCCC/C=C/CC/C=C/CCCC(O)C(O)C(CO)NC(=O)CCCCCCCCCCCCCCCCCCC/C=C\CCCCCCCCCCCCCCCCCCCC. The first-order valence-electron chi connectivity index (χ1n) is 30.8. The molecular formula is C63H121NO4. The van der Waals surface area contributed by atoms with Gasteiger partial charge in [-0.1, -0.05) is 288 Å². The van der Waals surface area contributed by atoms with E-state index < -0.39 is 18.2 Å². The second kappa shape index (κ2) is 58.1. The first-order valence-corrected chi connectivity index (χ1v) is 30.8. The van der Waals surface area contributed by atoms with Crippen molar-refractivity contribution in [3.05, 3.63) is 36.5 Å². The predicted octanol–water partition coefficient (Wildman–Crippen LogP) is 19.4. The summed E-state index contributed by atoms with van der Waals surface area (Å²) in [5, 5.41) is 33.7. The Hall–Kier alpha value is -1.43. The summed E-state index contributed by atoms with van der Waals surface area (Å²) in [7, 11) is 0. The maximum atomic E-state index is 12.5. The first kappa shape index (κ1) is 66.6. The van der Waals surface area contributed by atoms with Crippen molar-refractivity contribution in [2.75, 3.05) is 6.61 Å². The topological polar surface area (TPSA) is 89.8 Å². The molecule has 0 aromatic carbocycles. The average Bonchev–Trinajstić information content (AvgIpc) is 3.34. The van der Waals surface area contributed by atoms with Crippen LogP contribution in [-0.4, -0.2) is 46.1 Å². The van der Waals surface area contributed by atoms with Crippen LogP contribution in [0.1, 0.15) is 335 Å². The Morgan fingerprint density at radius 2 is 0.603 bits per heavy atom. The van der Waals surface area contributed by atoms with Gasteiger partial charge in [-0.2, -0.15) is 0 Å². The fourth-order valence-corrected chi connectivity index (χ4v) is 9.71. The van der Waals surface area contributed by atoms with Gasteiger partial charge in [0.2, 0.25) is 5.91 Å². The van der Waals surface area contributed by atoms with Crippen molar-refractivity contribution in [3.63, 3.8) is 0 Å². The molecule has 0 heterocycles. The van der Waals surface area contributed by atoms with Crippen molar-refractivity contribution in [2.24, 2.45) is 0 Å². The molecule has 5 heteroatoms. The zero-order chi connectivity index (χ0) is 49.3. The van der Waals surface area contributed by atoms with Gasteiger partial charge in [0.25, 0.3) is 0 Å². The molecule has 0 saturated heterocycles. The summed E-state index contributed by atoms with van der Waals surface area (Å²) in [6.07, 6.45) is 76.3. The lowest BCUT2D eigenvalue weighted by Gasteiger charge is -2.26. The summed E-state index contributed by atoms with van der Waals surface area (Å²) in [5.74, 6) is -0.154. The van der Waals surface area contributed by atoms with Gasteiger partial charge in [0.05, 0.1) is 18.8 Å². The molecule has 0 aromatic heterocycles.